The molecule has 0 aromatic carbocycles. The van der Waals surface area contributed by atoms with Crippen molar-refractivity contribution >= 4 is 0 Å². The molecule has 0 saturated heterocycles. The summed E-state index contributed by atoms with van der Waals surface area (Å²) in [5.74, 6) is 2.44. The highest BCUT2D eigenvalue weighted by Gasteiger charge is 2.51. The fraction of sp³-hybridized carbons (Fsp3) is 1.00. The Bertz CT molecular complexity index is 310. The highest BCUT2D eigenvalue weighted by Crippen LogP contribution is 2.53. The lowest BCUT2D eigenvalue weighted by Crippen LogP contribution is -2.56. The molecule has 0 spiro atoms. The minimum absolute atomic E-state index is 0.0131. The molecule has 0 heterocycles. The fourth-order valence-corrected chi connectivity index (χ4v) is 5.10. The first-order chi connectivity index (χ1) is 9.96. The number of hydrogen-bond acceptors (Lipinski definition) is 2. The molecular weight excluding hydrogens is 258 g/mol. The SMILES string of the molecule is CCCC1CCC(CN)(C2(O)CCC(C(C)C)CC2)CC1. The van der Waals surface area contributed by atoms with E-state index in [2.05, 4.69) is 20.8 Å². The molecule has 0 bridgehead atoms. The van der Waals surface area contributed by atoms with Gasteiger partial charge in [-0.3, -0.25) is 0 Å². The van der Waals surface area contributed by atoms with Crippen LogP contribution in [0, 0.1) is 23.2 Å². The second kappa shape index (κ2) is 7.00. The first kappa shape index (κ1) is 17.3. The summed E-state index contributed by atoms with van der Waals surface area (Å²) in [6.45, 7) is 7.60. The van der Waals surface area contributed by atoms with Crippen LogP contribution in [0.2, 0.25) is 0 Å². The van der Waals surface area contributed by atoms with Crippen molar-refractivity contribution in [3.8, 4) is 0 Å². The van der Waals surface area contributed by atoms with Crippen molar-refractivity contribution in [3.63, 3.8) is 0 Å². The van der Waals surface area contributed by atoms with E-state index in [4.69, 9.17) is 5.73 Å². The second-order valence-electron chi connectivity index (χ2n) is 8.33. The van der Waals surface area contributed by atoms with Crippen molar-refractivity contribution in [2.45, 2.75) is 90.6 Å². The molecule has 2 aliphatic carbocycles. The van der Waals surface area contributed by atoms with E-state index in [-0.39, 0.29) is 5.41 Å². The first-order valence-electron chi connectivity index (χ1n) is 9.39. The molecule has 0 radical (unpaired) electrons. The maximum Gasteiger partial charge on any atom is 0.0716 e. The molecule has 2 saturated carbocycles. The maximum absolute atomic E-state index is 11.4. The Hall–Kier alpha value is -0.0800. The van der Waals surface area contributed by atoms with E-state index < -0.39 is 5.60 Å². The summed E-state index contributed by atoms with van der Waals surface area (Å²) in [6.07, 6.45) is 11.8. The molecule has 2 heteroatoms. The molecule has 2 aliphatic rings. The van der Waals surface area contributed by atoms with Crippen LogP contribution in [-0.2, 0) is 0 Å². The zero-order chi connectivity index (χ0) is 15.5. The van der Waals surface area contributed by atoms with Gasteiger partial charge in [0.15, 0.2) is 0 Å². The van der Waals surface area contributed by atoms with Crippen LogP contribution in [0.4, 0.5) is 0 Å². The Balaban J connectivity index is 2.01. The summed E-state index contributed by atoms with van der Waals surface area (Å²) in [6, 6.07) is 0. The first-order valence-corrected chi connectivity index (χ1v) is 9.39. The standard InChI is InChI=1S/C19H37NO/c1-4-5-16-6-10-18(14-20,11-7-16)19(21)12-8-17(9-13-19)15(2)3/h15-17,21H,4-14,20H2,1-3H3. The van der Waals surface area contributed by atoms with E-state index in [0.717, 1.165) is 43.4 Å². The number of rotatable bonds is 5. The Labute approximate surface area is 131 Å². The van der Waals surface area contributed by atoms with Gasteiger partial charge in [0.1, 0.15) is 0 Å². The lowest BCUT2D eigenvalue weighted by atomic mass is 9.56. The average molecular weight is 296 g/mol. The normalized spacial score (nSPS) is 41.4. The summed E-state index contributed by atoms with van der Waals surface area (Å²) in [7, 11) is 0. The summed E-state index contributed by atoms with van der Waals surface area (Å²) >= 11 is 0. The number of hydrogen-bond donors (Lipinski definition) is 2. The van der Waals surface area contributed by atoms with Crippen molar-refractivity contribution in [2.75, 3.05) is 6.54 Å². The van der Waals surface area contributed by atoms with Crippen molar-refractivity contribution in [1.29, 1.82) is 0 Å². The molecule has 0 aromatic heterocycles. The molecular formula is C19H37NO. The number of nitrogens with two attached hydrogens (primary N) is 1. The van der Waals surface area contributed by atoms with Gasteiger partial charge in [-0.05, 0) is 69.1 Å². The van der Waals surface area contributed by atoms with Gasteiger partial charge in [0, 0.05) is 12.0 Å². The van der Waals surface area contributed by atoms with Crippen LogP contribution in [0.5, 0.6) is 0 Å². The smallest absolute Gasteiger partial charge is 0.0716 e. The van der Waals surface area contributed by atoms with Crippen molar-refractivity contribution in [1.82, 2.24) is 0 Å². The van der Waals surface area contributed by atoms with Crippen molar-refractivity contribution in [2.24, 2.45) is 28.9 Å². The summed E-state index contributed by atoms with van der Waals surface area (Å²) in [5.41, 5.74) is 5.74. The zero-order valence-corrected chi connectivity index (χ0v) is 14.5. The van der Waals surface area contributed by atoms with E-state index in [9.17, 15) is 5.11 Å². The van der Waals surface area contributed by atoms with Crippen LogP contribution in [-0.4, -0.2) is 17.3 Å². The molecule has 2 fully saturated rings. The lowest BCUT2D eigenvalue weighted by molar-refractivity contribution is -0.135. The topological polar surface area (TPSA) is 46.2 Å². The molecule has 2 rings (SSSR count). The van der Waals surface area contributed by atoms with Gasteiger partial charge in [0.25, 0.3) is 0 Å². The minimum atomic E-state index is -0.482. The van der Waals surface area contributed by atoms with Gasteiger partial charge in [-0.15, -0.1) is 0 Å². The lowest BCUT2D eigenvalue weighted by Gasteiger charge is -2.53. The van der Waals surface area contributed by atoms with Crippen molar-refractivity contribution < 1.29 is 5.11 Å². The summed E-state index contributed by atoms with van der Waals surface area (Å²) in [4.78, 5) is 0. The van der Waals surface area contributed by atoms with Crippen LogP contribution in [0.3, 0.4) is 0 Å². The number of aliphatic hydroxyl groups is 1. The van der Waals surface area contributed by atoms with E-state index in [1.807, 2.05) is 0 Å². The Kier molecular flexibility index (Phi) is 5.76. The van der Waals surface area contributed by atoms with Crippen LogP contribution < -0.4 is 5.73 Å². The highest BCUT2D eigenvalue weighted by atomic mass is 16.3. The van der Waals surface area contributed by atoms with Gasteiger partial charge < -0.3 is 10.8 Å². The van der Waals surface area contributed by atoms with Crippen LogP contribution >= 0.6 is 0 Å². The Morgan fingerprint density at radius 1 is 1.05 bits per heavy atom. The van der Waals surface area contributed by atoms with E-state index in [0.29, 0.717) is 6.54 Å². The molecule has 0 amide bonds. The predicted molar refractivity (Wildman–Crippen MR) is 90.1 cm³/mol. The third-order valence-electron chi connectivity index (χ3n) is 6.94. The molecule has 2 nitrogen and oxygen atoms in total. The third-order valence-corrected chi connectivity index (χ3v) is 6.94. The van der Waals surface area contributed by atoms with Crippen LogP contribution in [0.15, 0.2) is 0 Å². The average Bonchev–Trinajstić information content (AvgIpc) is 2.49. The summed E-state index contributed by atoms with van der Waals surface area (Å²) in [5, 5.41) is 11.4. The van der Waals surface area contributed by atoms with Gasteiger partial charge in [-0.2, -0.15) is 0 Å². The Morgan fingerprint density at radius 2 is 1.62 bits per heavy atom. The fourth-order valence-electron chi connectivity index (χ4n) is 5.10. The van der Waals surface area contributed by atoms with E-state index in [1.54, 1.807) is 0 Å². The van der Waals surface area contributed by atoms with Gasteiger partial charge >= 0.3 is 0 Å². The monoisotopic (exact) mass is 295 g/mol. The Morgan fingerprint density at radius 3 is 2.05 bits per heavy atom. The molecule has 3 N–H and O–H groups in total. The molecule has 0 aliphatic heterocycles. The summed E-state index contributed by atoms with van der Waals surface area (Å²) < 4.78 is 0. The zero-order valence-electron chi connectivity index (χ0n) is 14.5. The van der Waals surface area contributed by atoms with Gasteiger partial charge in [-0.1, -0.05) is 33.6 Å². The minimum Gasteiger partial charge on any atom is -0.389 e. The van der Waals surface area contributed by atoms with Gasteiger partial charge in [0.05, 0.1) is 5.60 Å². The third kappa shape index (κ3) is 3.47. The van der Waals surface area contributed by atoms with Gasteiger partial charge in [0.2, 0.25) is 0 Å². The molecule has 0 unspecified atom stereocenters. The van der Waals surface area contributed by atoms with Crippen LogP contribution in [0.25, 0.3) is 0 Å². The van der Waals surface area contributed by atoms with Crippen molar-refractivity contribution in [3.05, 3.63) is 0 Å². The predicted octanol–water partition coefficient (Wildman–Crippen LogP) is 4.50. The maximum atomic E-state index is 11.4. The molecule has 21 heavy (non-hydrogen) atoms. The second-order valence-corrected chi connectivity index (χ2v) is 8.33. The molecule has 0 atom stereocenters. The van der Waals surface area contributed by atoms with Crippen LogP contribution in [0.1, 0.15) is 85.0 Å². The largest absolute Gasteiger partial charge is 0.389 e. The van der Waals surface area contributed by atoms with E-state index in [1.165, 1.54) is 38.5 Å². The van der Waals surface area contributed by atoms with Gasteiger partial charge in [-0.25, -0.2) is 0 Å². The highest BCUT2D eigenvalue weighted by molar-refractivity contribution is 5.04. The quantitative estimate of drug-likeness (QED) is 0.784. The van der Waals surface area contributed by atoms with E-state index >= 15 is 0 Å². The molecule has 0 aromatic rings. The molecule has 124 valence electrons.